The highest BCUT2D eigenvalue weighted by Gasteiger charge is 2.04. The van der Waals surface area contributed by atoms with Gasteiger partial charge in [0.05, 0.1) is 7.11 Å². The van der Waals surface area contributed by atoms with Crippen LogP contribution >= 0.6 is 0 Å². The summed E-state index contributed by atoms with van der Waals surface area (Å²) in [4.78, 5) is 15.0. The van der Waals surface area contributed by atoms with Crippen molar-refractivity contribution in [2.24, 2.45) is 0 Å². The van der Waals surface area contributed by atoms with Crippen molar-refractivity contribution in [2.45, 2.75) is 13.0 Å². The van der Waals surface area contributed by atoms with E-state index < -0.39 is 0 Å². The highest BCUT2D eigenvalue weighted by molar-refractivity contribution is 5.80. The summed E-state index contributed by atoms with van der Waals surface area (Å²) in [6, 6.07) is 13.9. The van der Waals surface area contributed by atoms with Gasteiger partial charge in [-0.3, -0.25) is 4.79 Å². The molecule has 0 aliphatic rings. The minimum atomic E-state index is -0.232. The lowest BCUT2D eigenvalue weighted by Gasteiger charge is -2.07. The van der Waals surface area contributed by atoms with Gasteiger partial charge in [0.2, 0.25) is 0 Å². The fraction of sp³-hybridized carbons (Fsp3) is 0.211. The Hall–Kier alpha value is -2.66. The molecule has 1 aromatic heterocycles. The molecule has 0 amide bonds. The van der Waals surface area contributed by atoms with Crippen molar-refractivity contribution in [3.8, 4) is 5.75 Å². The van der Waals surface area contributed by atoms with E-state index in [2.05, 4.69) is 10.3 Å². The quantitative estimate of drug-likeness (QED) is 0.685. The molecule has 2 aromatic carbocycles. The monoisotopic (exact) mass is 326 g/mol. The third-order valence-electron chi connectivity index (χ3n) is 3.95. The summed E-state index contributed by atoms with van der Waals surface area (Å²) < 4.78 is 18.1. The van der Waals surface area contributed by atoms with Crippen molar-refractivity contribution in [1.29, 1.82) is 0 Å². The molecule has 0 bridgehead atoms. The van der Waals surface area contributed by atoms with Crippen LogP contribution in [0.25, 0.3) is 10.9 Å². The van der Waals surface area contributed by atoms with Crippen LogP contribution in [-0.2, 0) is 13.0 Å². The van der Waals surface area contributed by atoms with E-state index in [0.29, 0.717) is 18.7 Å². The average Bonchev–Trinajstić information content (AvgIpc) is 2.60. The second-order valence-corrected chi connectivity index (χ2v) is 5.63. The van der Waals surface area contributed by atoms with Gasteiger partial charge < -0.3 is 15.0 Å². The summed E-state index contributed by atoms with van der Waals surface area (Å²) >= 11 is 0. The van der Waals surface area contributed by atoms with E-state index in [0.717, 1.165) is 28.6 Å². The first-order chi connectivity index (χ1) is 11.7. The van der Waals surface area contributed by atoms with Gasteiger partial charge in [-0.25, -0.2) is 4.39 Å². The number of hydrogen-bond donors (Lipinski definition) is 2. The Labute approximate surface area is 139 Å². The van der Waals surface area contributed by atoms with Gasteiger partial charge in [-0.05, 0) is 54.9 Å². The summed E-state index contributed by atoms with van der Waals surface area (Å²) in [6.45, 7) is 1.19. The highest BCUT2D eigenvalue weighted by atomic mass is 19.1. The lowest BCUT2D eigenvalue weighted by molar-refractivity contribution is 0.415. The number of nitrogens with one attached hydrogen (secondary N) is 2. The average molecular weight is 326 g/mol. The molecule has 5 heteroatoms. The number of rotatable bonds is 6. The molecule has 0 aliphatic carbocycles. The topological polar surface area (TPSA) is 54.1 Å². The molecule has 0 unspecified atom stereocenters. The number of H-pyrrole nitrogens is 1. The molecular formula is C19H19FN2O2. The number of aromatic amines is 1. The van der Waals surface area contributed by atoms with Crippen LogP contribution < -0.4 is 15.6 Å². The maximum Gasteiger partial charge on any atom is 0.252 e. The minimum Gasteiger partial charge on any atom is -0.497 e. The number of benzene rings is 2. The van der Waals surface area contributed by atoms with Gasteiger partial charge in [0, 0.05) is 23.0 Å². The van der Waals surface area contributed by atoms with Crippen molar-refractivity contribution >= 4 is 10.9 Å². The van der Waals surface area contributed by atoms with Gasteiger partial charge >= 0.3 is 0 Å². The SMILES string of the molecule is COc1ccc2[nH]c(=O)c(CNCCc3ccc(F)cc3)cc2c1. The Balaban J connectivity index is 1.65. The van der Waals surface area contributed by atoms with Gasteiger partial charge in [0.1, 0.15) is 11.6 Å². The van der Waals surface area contributed by atoms with Crippen molar-refractivity contribution in [1.82, 2.24) is 10.3 Å². The Morgan fingerprint density at radius 1 is 1.12 bits per heavy atom. The second-order valence-electron chi connectivity index (χ2n) is 5.63. The molecule has 0 fully saturated rings. The van der Waals surface area contributed by atoms with E-state index in [1.54, 1.807) is 19.2 Å². The first-order valence-corrected chi connectivity index (χ1v) is 7.81. The fourth-order valence-electron chi connectivity index (χ4n) is 2.60. The van der Waals surface area contributed by atoms with Crippen LogP contribution in [-0.4, -0.2) is 18.6 Å². The molecule has 0 aliphatic heterocycles. The molecule has 0 saturated carbocycles. The van der Waals surface area contributed by atoms with Crippen molar-refractivity contribution in [3.05, 3.63) is 75.8 Å². The van der Waals surface area contributed by atoms with E-state index in [4.69, 9.17) is 4.74 Å². The minimum absolute atomic E-state index is 0.0954. The maximum atomic E-state index is 12.9. The van der Waals surface area contributed by atoms with Gasteiger partial charge in [-0.2, -0.15) is 0 Å². The van der Waals surface area contributed by atoms with Gasteiger partial charge in [-0.15, -0.1) is 0 Å². The number of pyridine rings is 1. The molecule has 1 heterocycles. The Bertz CT molecular complexity index is 888. The van der Waals surface area contributed by atoms with Crippen LogP contribution in [0.4, 0.5) is 4.39 Å². The molecule has 0 saturated heterocycles. The first kappa shape index (κ1) is 16.2. The number of ether oxygens (including phenoxy) is 1. The van der Waals surface area contributed by atoms with Crippen LogP contribution in [0.5, 0.6) is 5.75 Å². The number of aromatic nitrogens is 1. The molecule has 24 heavy (non-hydrogen) atoms. The molecule has 2 N–H and O–H groups in total. The van der Waals surface area contributed by atoms with Crippen LogP contribution in [0, 0.1) is 5.82 Å². The maximum absolute atomic E-state index is 12.9. The lowest BCUT2D eigenvalue weighted by atomic mass is 10.1. The lowest BCUT2D eigenvalue weighted by Crippen LogP contribution is -2.22. The summed E-state index contributed by atoms with van der Waals surface area (Å²) in [5.74, 6) is 0.523. The van der Waals surface area contributed by atoms with Crippen LogP contribution in [0.3, 0.4) is 0 Å². The molecule has 3 rings (SSSR count). The Kier molecular flexibility index (Phi) is 4.91. The molecule has 0 radical (unpaired) electrons. The van der Waals surface area contributed by atoms with Crippen molar-refractivity contribution in [3.63, 3.8) is 0 Å². The first-order valence-electron chi connectivity index (χ1n) is 7.81. The highest BCUT2D eigenvalue weighted by Crippen LogP contribution is 2.18. The Morgan fingerprint density at radius 2 is 1.92 bits per heavy atom. The van der Waals surface area contributed by atoms with Crippen molar-refractivity contribution in [2.75, 3.05) is 13.7 Å². The summed E-state index contributed by atoms with van der Waals surface area (Å²) in [7, 11) is 1.62. The standard InChI is InChI=1S/C19H19FN2O2/c1-24-17-6-7-18-14(11-17)10-15(19(23)22-18)12-21-9-8-13-2-4-16(20)5-3-13/h2-7,10-11,21H,8-9,12H2,1H3,(H,22,23). The van der Waals surface area contributed by atoms with Gasteiger partial charge in [0.15, 0.2) is 0 Å². The summed E-state index contributed by atoms with van der Waals surface area (Å²) in [5, 5.41) is 4.19. The predicted molar refractivity (Wildman–Crippen MR) is 92.9 cm³/mol. The number of fused-ring (bicyclic) bond motifs is 1. The molecule has 0 spiro atoms. The molecular weight excluding hydrogens is 307 g/mol. The van der Waals surface area contributed by atoms with E-state index in [9.17, 15) is 9.18 Å². The molecule has 4 nitrogen and oxygen atoms in total. The van der Waals surface area contributed by atoms with Crippen LogP contribution in [0.1, 0.15) is 11.1 Å². The normalized spacial score (nSPS) is 10.9. The zero-order valence-corrected chi connectivity index (χ0v) is 13.4. The number of methoxy groups -OCH3 is 1. The third-order valence-corrected chi connectivity index (χ3v) is 3.95. The van der Waals surface area contributed by atoms with Crippen molar-refractivity contribution < 1.29 is 9.13 Å². The second kappa shape index (κ2) is 7.27. The van der Waals surface area contributed by atoms with Gasteiger partial charge in [-0.1, -0.05) is 12.1 Å². The van der Waals surface area contributed by atoms with Crippen LogP contribution in [0.15, 0.2) is 53.3 Å². The largest absolute Gasteiger partial charge is 0.497 e. The summed E-state index contributed by atoms with van der Waals surface area (Å²) in [6.07, 6.45) is 0.777. The predicted octanol–water partition coefficient (Wildman–Crippen LogP) is 3.01. The smallest absolute Gasteiger partial charge is 0.252 e. The zero-order valence-electron chi connectivity index (χ0n) is 13.4. The van der Waals surface area contributed by atoms with E-state index in [1.165, 1.54) is 12.1 Å². The third kappa shape index (κ3) is 3.81. The Morgan fingerprint density at radius 3 is 2.67 bits per heavy atom. The van der Waals surface area contributed by atoms with E-state index in [-0.39, 0.29) is 11.4 Å². The van der Waals surface area contributed by atoms with E-state index in [1.807, 2.05) is 24.3 Å². The number of hydrogen-bond acceptors (Lipinski definition) is 3. The van der Waals surface area contributed by atoms with Gasteiger partial charge in [0.25, 0.3) is 5.56 Å². The van der Waals surface area contributed by atoms with E-state index >= 15 is 0 Å². The molecule has 3 aromatic rings. The number of halogens is 1. The zero-order chi connectivity index (χ0) is 16.9. The van der Waals surface area contributed by atoms with Crippen LogP contribution in [0.2, 0.25) is 0 Å². The fourth-order valence-corrected chi connectivity index (χ4v) is 2.60. The molecule has 124 valence electrons. The molecule has 0 atom stereocenters. The summed E-state index contributed by atoms with van der Waals surface area (Å²) in [5.41, 5.74) is 2.42.